The molecule has 0 aliphatic carbocycles. The molecule has 1 saturated heterocycles. The van der Waals surface area contributed by atoms with E-state index in [1.54, 1.807) is 44.6 Å². The highest BCUT2D eigenvalue weighted by molar-refractivity contribution is 5.89. The van der Waals surface area contributed by atoms with Crippen LogP contribution in [0.2, 0.25) is 0 Å². The molecule has 2 heterocycles. The van der Waals surface area contributed by atoms with Crippen LogP contribution in [0.3, 0.4) is 0 Å². The maximum Gasteiger partial charge on any atom is 0.410 e. The molecule has 0 radical (unpaired) electrons. The number of hydrogen-bond acceptors (Lipinski definition) is 7. The lowest BCUT2D eigenvalue weighted by Crippen LogP contribution is -2.52. The van der Waals surface area contributed by atoms with Gasteiger partial charge in [0.15, 0.2) is 6.10 Å². The molecule has 3 aromatic rings. The van der Waals surface area contributed by atoms with E-state index in [1.807, 2.05) is 18.2 Å². The summed E-state index contributed by atoms with van der Waals surface area (Å²) in [4.78, 5) is 39.1. The SMILES string of the molecule is Cn1nnc2ccc(-c3ccc(C[C@H](NC(=O)[C@@H]4CN(C(=O)OC(C)(C)C)CCCO4)C(N)=O)c(F)c3)cc21. The molecule has 0 unspecified atom stereocenters. The van der Waals surface area contributed by atoms with Crippen molar-refractivity contribution in [2.45, 2.75) is 51.4 Å². The lowest BCUT2D eigenvalue weighted by atomic mass is 9.99. The summed E-state index contributed by atoms with van der Waals surface area (Å²) in [7, 11) is 1.77. The molecular weight excluding hydrogens is 507 g/mol. The zero-order valence-corrected chi connectivity index (χ0v) is 22.4. The van der Waals surface area contributed by atoms with Crippen molar-refractivity contribution in [3.63, 3.8) is 0 Å². The second-order valence-electron chi connectivity index (χ2n) is 10.5. The second-order valence-corrected chi connectivity index (χ2v) is 10.5. The molecule has 1 aliphatic rings. The Morgan fingerprint density at radius 3 is 2.62 bits per heavy atom. The van der Waals surface area contributed by atoms with Crippen LogP contribution in [-0.2, 0) is 32.5 Å². The van der Waals surface area contributed by atoms with Gasteiger partial charge in [-0.15, -0.1) is 5.10 Å². The summed E-state index contributed by atoms with van der Waals surface area (Å²) in [5.74, 6) is -1.99. The van der Waals surface area contributed by atoms with Crippen LogP contribution >= 0.6 is 0 Å². The number of fused-ring (bicyclic) bond motifs is 1. The standard InChI is InChI=1S/C27H33FN6O5/c1-27(2,3)39-26(37)34-10-5-11-38-23(15-34)25(36)30-21(24(29)35)13-18-7-6-16(12-19(18)28)17-8-9-20-22(14-17)33(4)32-31-20/h6-9,12,14,21,23H,5,10-11,13,15H2,1-4H3,(H2,29,35)(H,30,36)/t21-,23-/m0/s1. The number of ether oxygens (including phenoxy) is 2. The number of carbonyl (C=O) groups is 3. The van der Waals surface area contributed by atoms with E-state index in [2.05, 4.69) is 15.6 Å². The van der Waals surface area contributed by atoms with E-state index in [0.29, 0.717) is 18.5 Å². The molecule has 208 valence electrons. The van der Waals surface area contributed by atoms with E-state index in [-0.39, 0.29) is 25.1 Å². The minimum Gasteiger partial charge on any atom is -0.444 e. The van der Waals surface area contributed by atoms with E-state index < -0.39 is 41.5 Å². The van der Waals surface area contributed by atoms with Crippen molar-refractivity contribution < 1.29 is 28.2 Å². The van der Waals surface area contributed by atoms with Gasteiger partial charge in [0.05, 0.1) is 12.1 Å². The molecule has 0 saturated carbocycles. The van der Waals surface area contributed by atoms with Gasteiger partial charge in [-0.1, -0.05) is 23.4 Å². The number of carbonyl (C=O) groups excluding carboxylic acids is 3. The predicted molar refractivity (Wildman–Crippen MR) is 141 cm³/mol. The lowest BCUT2D eigenvalue weighted by molar-refractivity contribution is -0.136. The molecule has 2 aromatic carbocycles. The molecule has 2 atom stereocenters. The summed E-state index contributed by atoms with van der Waals surface area (Å²) in [6.07, 6.45) is -1.23. The summed E-state index contributed by atoms with van der Waals surface area (Å²) in [6, 6.07) is 8.97. The maximum absolute atomic E-state index is 15.1. The lowest BCUT2D eigenvalue weighted by Gasteiger charge is -2.28. The molecule has 11 nitrogen and oxygen atoms in total. The van der Waals surface area contributed by atoms with Crippen molar-refractivity contribution >= 4 is 28.9 Å². The molecule has 3 amide bonds. The first-order valence-corrected chi connectivity index (χ1v) is 12.7. The maximum atomic E-state index is 15.1. The molecular formula is C27H33FN6O5. The minimum atomic E-state index is -1.18. The van der Waals surface area contributed by atoms with Gasteiger partial charge >= 0.3 is 6.09 Å². The highest BCUT2D eigenvalue weighted by Gasteiger charge is 2.32. The van der Waals surface area contributed by atoms with Crippen LogP contribution in [-0.4, -0.2) is 75.2 Å². The van der Waals surface area contributed by atoms with Gasteiger partial charge in [-0.05, 0) is 62.1 Å². The molecule has 0 bridgehead atoms. The average Bonchev–Trinajstić information content (AvgIpc) is 3.07. The Balaban J connectivity index is 1.45. The Labute approximate surface area is 225 Å². The summed E-state index contributed by atoms with van der Waals surface area (Å²) in [5, 5.41) is 10.6. The van der Waals surface area contributed by atoms with Crippen molar-refractivity contribution in [1.29, 1.82) is 0 Å². The molecule has 12 heteroatoms. The second kappa shape index (κ2) is 11.4. The van der Waals surface area contributed by atoms with Crippen molar-refractivity contribution in [3.8, 4) is 11.1 Å². The van der Waals surface area contributed by atoms with Gasteiger partial charge in [-0.25, -0.2) is 13.9 Å². The summed E-state index contributed by atoms with van der Waals surface area (Å²) >= 11 is 0. The molecule has 1 aliphatic heterocycles. The van der Waals surface area contributed by atoms with E-state index in [9.17, 15) is 14.4 Å². The largest absolute Gasteiger partial charge is 0.444 e. The van der Waals surface area contributed by atoms with Gasteiger partial charge in [0.2, 0.25) is 5.91 Å². The average molecular weight is 541 g/mol. The zero-order valence-electron chi connectivity index (χ0n) is 22.4. The molecule has 3 N–H and O–H groups in total. The van der Waals surface area contributed by atoms with Crippen LogP contribution in [0, 0.1) is 5.82 Å². The molecule has 1 fully saturated rings. The normalized spacial score (nSPS) is 16.9. The number of benzene rings is 2. The number of aromatic nitrogens is 3. The van der Waals surface area contributed by atoms with Gasteiger partial charge in [0.1, 0.15) is 23.0 Å². The number of aryl methyl sites for hydroxylation is 1. The highest BCUT2D eigenvalue weighted by atomic mass is 19.1. The third-order valence-electron chi connectivity index (χ3n) is 6.30. The van der Waals surface area contributed by atoms with E-state index in [0.717, 1.165) is 16.6 Å². The fourth-order valence-corrected chi connectivity index (χ4v) is 4.29. The Kier molecular flexibility index (Phi) is 8.14. The number of amides is 3. The number of nitrogens with two attached hydrogens (primary N) is 1. The number of rotatable bonds is 6. The van der Waals surface area contributed by atoms with Crippen LogP contribution < -0.4 is 11.1 Å². The van der Waals surface area contributed by atoms with E-state index in [1.165, 1.54) is 11.0 Å². The van der Waals surface area contributed by atoms with Gasteiger partial charge in [-0.2, -0.15) is 0 Å². The fourth-order valence-electron chi connectivity index (χ4n) is 4.29. The Morgan fingerprint density at radius 1 is 1.21 bits per heavy atom. The van der Waals surface area contributed by atoms with Crippen LogP contribution in [0.4, 0.5) is 9.18 Å². The first-order chi connectivity index (χ1) is 18.4. The fraction of sp³-hybridized carbons (Fsp3) is 0.444. The third-order valence-corrected chi connectivity index (χ3v) is 6.30. The van der Waals surface area contributed by atoms with Gasteiger partial charge in [0.25, 0.3) is 5.91 Å². The summed E-state index contributed by atoms with van der Waals surface area (Å²) in [6.45, 7) is 5.82. The van der Waals surface area contributed by atoms with Gasteiger partial charge in [-0.3, -0.25) is 9.59 Å². The molecule has 4 rings (SSSR count). The first kappa shape index (κ1) is 28.0. The number of nitrogens with one attached hydrogen (secondary N) is 1. The number of primary amides is 1. The van der Waals surface area contributed by atoms with Crippen molar-refractivity contribution in [3.05, 3.63) is 47.8 Å². The van der Waals surface area contributed by atoms with Crippen LogP contribution in [0.15, 0.2) is 36.4 Å². The highest BCUT2D eigenvalue weighted by Crippen LogP contribution is 2.25. The summed E-state index contributed by atoms with van der Waals surface area (Å²) < 4.78 is 27.8. The van der Waals surface area contributed by atoms with Crippen molar-refractivity contribution in [2.24, 2.45) is 12.8 Å². The Morgan fingerprint density at radius 2 is 1.92 bits per heavy atom. The van der Waals surface area contributed by atoms with Crippen LogP contribution in [0.1, 0.15) is 32.8 Å². The molecule has 39 heavy (non-hydrogen) atoms. The number of nitrogens with zero attached hydrogens (tertiary/aromatic N) is 4. The predicted octanol–water partition coefficient (Wildman–Crippen LogP) is 2.31. The molecule has 0 spiro atoms. The van der Waals surface area contributed by atoms with Gasteiger partial charge in [0, 0.05) is 26.6 Å². The van der Waals surface area contributed by atoms with E-state index >= 15 is 4.39 Å². The summed E-state index contributed by atoms with van der Waals surface area (Å²) in [5.41, 5.74) is 8.01. The smallest absolute Gasteiger partial charge is 0.410 e. The minimum absolute atomic E-state index is 0.0498. The third kappa shape index (κ3) is 6.88. The number of hydrogen-bond donors (Lipinski definition) is 2. The van der Waals surface area contributed by atoms with Crippen molar-refractivity contribution in [2.75, 3.05) is 19.7 Å². The van der Waals surface area contributed by atoms with Gasteiger partial charge < -0.3 is 25.4 Å². The first-order valence-electron chi connectivity index (χ1n) is 12.7. The molecule has 1 aromatic heterocycles. The Bertz CT molecular complexity index is 1380. The quantitative estimate of drug-likeness (QED) is 0.489. The monoisotopic (exact) mass is 540 g/mol. The van der Waals surface area contributed by atoms with E-state index in [4.69, 9.17) is 15.2 Å². The zero-order chi connectivity index (χ0) is 28.3. The van der Waals surface area contributed by atoms with Crippen molar-refractivity contribution in [1.82, 2.24) is 25.2 Å². The van der Waals surface area contributed by atoms with Crippen LogP contribution in [0.25, 0.3) is 22.2 Å². The topological polar surface area (TPSA) is 142 Å². The van der Waals surface area contributed by atoms with Crippen LogP contribution in [0.5, 0.6) is 0 Å². The Hall–Kier alpha value is -4.06. The number of halogens is 1.